The summed E-state index contributed by atoms with van der Waals surface area (Å²) in [7, 11) is 0. The average molecular weight is 1050 g/mol. The van der Waals surface area contributed by atoms with Gasteiger partial charge < -0.3 is 0 Å². The lowest BCUT2D eigenvalue weighted by molar-refractivity contribution is 0.755. The number of nitrogens with zero attached hydrogens (tertiary/aromatic N) is 8. The zero-order chi connectivity index (χ0) is 53.8. The normalized spacial score (nSPS) is 14.1. The second-order valence-electron chi connectivity index (χ2n) is 21.4. The summed E-state index contributed by atoms with van der Waals surface area (Å²) in [5.41, 5.74) is 20.8. The van der Waals surface area contributed by atoms with E-state index in [0.717, 1.165) is 77.0 Å². The third kappa shape index (κ3) is 7.24. The molecule has 82 heavy (non-hydrogen) atoms. The quantitative estimate of drug-likeness (QED) is 0.151. The topological polar surface area (TPSA) is 87.2 Å². The van der Waals surface area contributed by atoms with Crippen molar-refractivity contribution >= 4 is 43.6 Å². The molecule has 0 radical (unpaired) electrons. The number of hydrogen-bond donors (Lipinski definition) is 0. The van der Waals surface area contributed by atoms with Gasteiger partial charge in [-0.1, -0.05) is 231 Å². The fourth-order valence-electron chi connectivity index (χ4n) is 13.1. The summed E-state index contributed by atoms with van der Waals surface area (Å²) in [6.07, 6.45) is 0. The lowest BCUT2D eigenvalue weighted by Crippen LogP contribution is -2.27. The molecule has 0 N–H and O–H groups in total. The van der Waals surface area contributed by atoms with Crippen molar-refractivity contribution in [3.05, 3.63) is 300 Å². The summed E-state index contributed by atoms with van der Waals surface area (Å²) in [6.45, 7) is 0. The van der Waals surface area contributed by atoms with Gasteiger partial charge in [0.05, 0.1) is 22.1 Å². The van der Waals surface area contributed by atoms with Crippen LogP contribution in [0.4, 0.5) is 0 Å². The van der Waals surface area contributed by atoms with E-state index in [-0.39, 0.29) is 11.8 Å². The molecule has 0 saturated heterocycles. The van der Waals surface area contributed by atoms with Crippen LogP contribution in [0.1, 0.15) is 45.2 Å². The maximum absolute atomic E-state index is 5.21. The summed E-state index contributed by atoms with van der Waals surface area (Å²) in [6, 6.07) is 94.8. The molecule has 3 aliphatic carbocycles. The maximum atomic E-state index is 5.21. The molecular formula is C74H46N8. The molecule has 3 aliphatic rings. The zero-order valence-electron chi connectivity index (χ0n) is 44.1. The number of benzene rings is 11. The van der Waals surface area contributed by atoms with Gasteiger partial charge in [0.1, 0.15) is 0 Å². The first-order chi connectivity index (χ1) is 40.6. The third-order valence-electron chi connectivity index (χ3n) is 16.9. The molecule has 4 heterocycles. The van der Waals surface area contributed by atoms with Crippen LogP contribution >= 0.6 is 0 Å². The lowest BCUT2D eigenvalue weighted by Gasteiger charge is -2.42. The predicted molar refractivity (Wildman–Crippen MR) is 329 cm³/mol. The van der Waals surface area contributed by atoms with Crippen LogP contribution in [0.2, 0.25) is 0 Å². The third-order valence-corrected chi connectivity index (χ3v) is 16.9. The highest BCUT2D eigenvalue weighted by Gasteiger charge is 2.41. The van der Waals surface area contributed by atoms with Crippen molar-refractivity contribution in [3.63, 3.8) is 0 Å². The van der Waals surface area contributed by atoms with Crippen LogP contribution in [0.25, 0.3) is 123 Å². The molecule has 4 aromatic heterocycles. The van der Waals surface area contributed by atoms with E-state index in [1.54, 1.807) is 0 Å². The van der Waals surface area contributed by atoms with Gasteiger partial charge in [0.2, 0.25) is 11.9 Å². The van der Waals surface area contributed by atoms with Crippen molar-refractivity contribution in [2.45, 2.75) is 11.8 Å². The van der Waals surface area contributed by atoms with E-state index in [4.69, 9.17) is 29.9 Å². The highest BCUT2D eigenvalue weighted by atomic mass is 15.2. The Morgan fingerprint density at radius 1 is 0.207 bits per heavy atom. The number of hydrogen-bond acceptors (Lipinski definition) is 6. The Morgan fingerprint density at radius 2 is 0.476 bits per heavy atom. The lowest BCUT2D eigenvalue weighted by atomic mass is 9.60. The second kappa shape index (κ2) is 18.3. The second-order valence-corrected chi connectivity index (χ2v) is 21.4. The number of fused-ring (bicyclic) bond motifs is 6. The van der Waals surface area contributed by atoms with Crippen molar-refractivity contribution in [1.82, 2.24) is 39.0 Å². The first-order valence-corrected chi connectivity index (χ1v) is 27.8. The number of rotatable bonds is 8. The van der Waals surface area contributed by atoms with Crippen LogP contribution < -0.4 is 0 Å². The fourth-order valence-corrected chi connectivity index (χ4v) is 13.1. The van der Waals surface area contributed by atoms with Crippen LogP contribution in [0.15, 0.2) is 267 Å². The van der Waals surface area contributed by atoms with Gasteiger partial charge >= 0.3 is 0 Å². The smallest absolute Gasteiger partial charge is 0.238 e. The summed E-state index contributed by atoms with van der Waals surface area (Å²) >= 11 is 0. The van der Waals surface area contributed by atoms with Crippen molar-refractivity contribution in [3.8, 4) is 79.7 Å². The SMILES string of the molecule is c1ccc(-c2nc(-c3ccc(-c4ccc5c(c4)C4c6ccccc6C5c5cc(-c6ccc(-c7nc(-c8ccccc8)nc(-n8c9ccccc9c9ccccc98)n7)cc6)ccc54)cc3)nc(-n3c4ccccc4c4ccccc43)n2)cc1. The Hall–Kier alpha value is -11.0. The molecule has 18 rings (SSSR count). The largest absolute Gasteiger partial charge is 0.278 e. The van der Waals surface area contributed by atoms with Crippen molar-refractivity contribution in [2.75, 3.05) is 0 Å². The minimum absolute atomic E-state index is 0.106. The fraction of sp³-hybridized carbons (Fsp3) is 0.0270. The molecule has 0 saturated carbocycles. The van der Waals surface area contributed by atoms with Crippen LogP contribution in [0.3, 0.4) is 0 Å². The van der Waals surface area contributed by atoms with Gasteiger partial charge in [-0.2, -0.15) is 19.9 Å². The first-order valence-electron chi connectivity index (χ1n) is 27.8. The average Bonchev–Trinajstić information content (AvgIpc) is 1.74. The van der Waals surface area contributed by atoms with E-state index in [0.29, 0.717) is 35.2 Å². The van der Waals surface area contributed by atoms with E-state index in [1.807, 2.05) is 36.4 Å². The molecule has 0 amide bonds. The minimum atomic E-state index is 0.106. The van der Waals surface area contributed by atoms with E-state index in [9.17, 15) is 0 Å². The van der Waals surface area contributed by atoms with Gasteiger partial charge in [-0.25, -0.2) is 9.97 Å². The van der Waals surface area contributed by atoms with Crippen LogP contribution in [-0.4, -0.2) is 39.0 Å². The highest BCUT2D eigenvalue weighted by Crippen LogP contribution is 2.57. The van der Waals surface area contributed by atoms with E-state index < -0.39 is 0 Å². The molecule has 382 valence electrons. The van der Waals surface area contributed by atoms with Gasteiger partial charge in [-0.15, -0.1) is 0 Å². The molecule has 8 nitrogen and oxygen atoms in total. The Bertz CT molecular complexity index is 4620. The van der Waals surface area contributed by atoms with E-state index in [2.05, 4.69) is 240 Å². The van der Waals surface area contributed by atoms with Crippen molar-refractivity contribution in [2.24, 2.45) is 0 Å². The van der Waals surface area contributed by atoms with Crippen LogP contribution in [-0.2, 0) is 0 Å². The van der Waals surface area contributed by atoms with Crippen LogP contribution in [0, 0.1) is 0 Å². The summed E-state index contributed by atoms with van der Waals surface area (Å²) in [5.74, 6) is 3.87. The molecule has 11 aromatic carbocycles. The summed E-state index contributed by atoms with van der Waals surface area (Å²) in [4.78, 5) is 30.9. The number of para-hydroxylation sites is 4. The molecule has 2 atom stereocenters. The van der Waals surface area contributed by atoms with Gasteiger partial charge in [0, 0.05) is 55.6 Å². The molecule has 8 heteroatoms. The van der Waals surface area contributed by atoms with Crippen molar-refractivity contribution in [1.29, 1.82) is 0 Å². The van der Waals surface area contributed by atoms with Gasteiger partial charge in [-0.05, 0) is 92.0 Å². The monoisotopic (exact) mass is 1050 g/mol. The van der Waals surface area contributed by atoms with E-state index in [1.165, 1.54) is 44.5 Å². The van der Waals surface area contributed by atoms with Gasteiger partial charge in [0.15, 0.2) is 23.3 Å². The molecule has 15 aromatic rings. The Balaban J connectivity index is 0.706. The molecular weight excluding hydrogens is 1000 g/mol. The number of aromatic nitrogens is 8. The predicted octanol–water partition coefficient (Wildman–Crippen LogP) is 17.2. The van der Waals surface area contributed by atoms with Gasteiger partial charge in [-0.3, -0.25) is 9.13 Å². The molecule has 2 bridgehead atoms. The van der Waals surface area contributed by atoms with Crippen molar-refractivity contribution < 1.29 is 0 Å². The van der Waals surface area contributed by atoms with Crippen LogP contribution in [0.5, 0.6) is 0 Å². The molecule has 2 unspecified atom stereocenters. The Morgan fingerprint density at radius 3 is 0.829 bits per heavy atom. The summed E-state index contributed by atoms with van der Waals surface area (Å²) in [5, 5.41) is 4.63. The first kappa shape index (κ1) is 46.0. The summed E-state index contributed by atoms with van der Waals surface area (Å²) < 4.78 is 4.33. The molecule has 0 aliphatic heterocycles. The van der Waals surface area contributed by atoms with E-state index >= 15 is 0 Å². The zero-order valence-corrected chi connectivity index (χ0v) is 44.1. The highest BCUT2D eigenvalue weighted by molar-refractivity contribution is 6.10. The molecule has 0 spiro atoms. The Labute approximate surface area is 472 Å². The van der Waals surface area contributed by atoms with Gasteiger partial charge in [0.25, 0.3) is 0 Å². The molecule has 0 fully saturated rings. The Kier molecular flexibility index (Phi) is 10.3. The minimum Gasteiger partial charge on any atom is -0.278 e. The maximum Gasteiger partial charge on any atom is 0.238 e. The standard InChI is InChI=1S/C74H46N8/c1-3-17-47(18-4-1)69-75-71(79-73(77-69)81-63-27-13-9-21-53(63)54-22-10-14-28-64(54)81)49-35-31-45(32-36-49)51-39-41-59-61(43-51)67-57-25-7-8-26-58(57)68(59)62-44-52(40-42-60(62)67)46-33-37-50(38-34-46)72-76-70(48-19-5-2-6-20-48)78-74(80-72)82-65-29-15-11-23-55(65)56-24-12-16-30-66(56)82/h1-44,67-68H.